The van der Waals surface area contributed by atoms with Gasteiger partial charge >= 0.3 is 0 Å². The van der Waals surface area contributed by atoms with Gasteiger partial charge in [0.25, 0.3) is 5.91 Å². The van der Waals surface area contributed by atoms with E-state index in [0.717, 1.165) is 16.2 Å². The minimum Gasteiger partial charge on any atom is -0.459 e. The van der Waals surface area contributed by atoms with E-state index in [1.165, 1.54) is 6.26 Å². The lowest BCUT2D eigenvalue weighted by Crippen LogP contribution is -2.23. The van der Waals surface area contributed by atoms with Crippen LogP contribution in [0, 0.1) is 6.92 Å². The second kappa shape index (κ2) is 4.30. The van der Waals surface area contributed by atoms with Crippen molar-refractivity contribution in [3.05, 3.63) is 47.1 Å². The van der Waals surface area contributed by atoms with Gasteiger partial charge in [-0.25, -0.2) is 4.98 Å². The average molecular weight is 261 g/mol. The van der Waals surface area contributed by atoms with Crippen LogP contribution in [-0.2, 0) is 6.54 Å². The van der Waals surface area contributed by atoms with E-state index >= 15 is 0 Å². The minimum absolute atomic E-state index is 0.214. The molecule has 3 heterocycles. The van der Waals surface area contributed by atoms with Crippen molar-refractivity contribution in [2.24, 2.45) is 0 Å². The Hall–Kier alpha value is -2.08. The molecule has 0 bridgehead atoms. The van der Waals surface area contributed by atoms with Gasteiger partial charge in [-0.05, 0) is 13.0 Å². The summed E-state index contributed by atoms with van der Waals surface area (Å²) in [7, 11) is 0. The molecule has 18 heavy (non-hydrogen) atoms. The Balaban J connectivity index is 1.69. The monoisotopic (exact) mass is 261 g/mol. The summed E-state index contributed by atoms with van der Waals surface area (Å²) in [5, 5.41) is 4.76. The van der Waals surface area contributed by atoms with Crippen LogP contribution in [0.2, 0.25) is 0 Å². The third kappa shape index (κ3) is 1.91. The summed E-state index contributed by atoms with van der Waals surface area (Å²) in [5.74, 6) is 0.143. The molecule has 1 amide bonds. The van der Waals surface area contributed by atoms with Gasteiger partial charge in [-0.3, -0.25) is 9.20 Å². The summed E-state index contributed by atoms with van der Waals surface area (Å²) in [5.41, 5.74) is 1.66. The van der Waals surface area contributed by atoms with Crippen LogP contribution in [0.1, 0.15) is 21.8 Å². The molecule has 0 aromatic carbocycles. The van der Waals surface area contributed by atoms with Crippen LogP contribution >= 0.6 is 11.3 Å². The van der Waals surface area contributed by atoms with Crippen LogP contribution < -0.4 is 5.32 Å². The van der Waals surface area contributed by atoms with Gasteiger partial charge in [-0.2, -0.15) is 0 Å². The maximum atomic E-state index is 11.8. The number of imidazole rings is 1. The molecule has 3 rings (SSSR count). The Bertz CT molecular complexity index is 666. The molecule has 0 fully saturated rings. The molecule has 3 aromatic heterocycles. The fourth-order valence-electron chi connectivity index (χ4n) is 1.72. The molecule has 6 heteroatoms. The highest BCUT2D eigenvalue weighted by Gasteiger charge is 2.12. The first-order valence-corrected chi connectivity index (χ1v) is 6.35. The second-order valence-electron chi connectivity index (χ2n) is 3.94. The normalized spacial score (nSPS) is 10.9. The number of aryl methyl sites for hydroxylation is 1. The standard InChI is InChI=1S/C12H11N3O2S/c1-8-2-4-17-10(8)11(16)13-6-9-7-15-3-5-18-12(15)14-9/h2-5,7H,6H2,1H3,(H,13,16). The number of nitrogens with one attached hydrogen (secondary N) is 1. The molecule has 1 N–H and O–H groups in total. The number of nitrogens with zero attached hydrogens (tertiary/aromatic N) is 2. The summed E-state index contributed by atoms with van der Waals surface area (Å²) in [4.78, 5) is 17.1. The van der Waals surface area contributed by atoms with Crippen molar-refractivity contribution in [3.63, 3.8) is 0 Å². The third-order valence-corrected chi connectivity index (χ3v) is 3.41. The van der Waals surface area contributed by atoms with E-state index in [9.17, 15) is 4.79 Å². The van der Waals surface area contributed by atoms with Crippen LogP contribution in [-0.4, -0.2) is 15.3 Å². The number of carbonyl (C=O) groups is 1. The van der Waals surface area contributed by atoms with Gasteiger partial charge in [0.1, 0.15) is 0 Å². The SMILES string of the molecule is Cc1ccoc1C(=O)NCc1cn2ccsc2n1. The molecule has 0 aliphatic carbocycles. The Morgan fingerprint density at radius 2 is 2.50 bits per heavy atom. The fraction of sp³-hybridized carbons (Fsp3) is 0.167. The largest absolute Gasteiger partial charge is 0.459 e. The number of carbonyl (C=O) groups excluding carboxylic acids is 1. The van der Waals surface area contributed by atoms with Gasteiger partial charge < -0.3 is 9.73 Å². The Morgan fingerprint density at radius 3 is 3.22 bits per heavy atom. The second-order valence-corrected chi connectivity index (χ2v) is 4.81. The molecule has 0 atom stereocenters. The summed E-state index contributed by atoms with van der Waals surface area (Å²) in [6, 6.07) is 1.77. The molecule has 0 saturated carbocycles. The Morgan fingerprint density at radius 1 is 1.61 bits per heavy atom. The smallest absolute Gasteiger partial charge is 0.287 e. The zero-order chi connectivity index (χ0) is 12.5. The van der Waals surface area contributed by atoms with Gasteiger partial charge in [0.15, 0.2) is 10.7 Å². The van der Waals surface area contributed by atoms with Gasteiger partial charge in [0.2, 0.25) is 0 Å². The summed E-state index contributed by atoms with van der Waals surface area (Å²) in [6.45, 7) is 2.23. The van der Waals surface area contributed by atoms with Crippen LogP contribution in [0.3, 0.4) is 0 Å². The highest BCUT2D eigenvalue weighted by Crippen LogP contribution is 2.12. The van der Waals surface area contributed by atoms with E-state index in [1.807, 2.05) is 29.1 Å². The lowest BCUT2D eigenvalue weighted by atomic mass is 10.2. The summed E-state index contributed by atoms with van der Waals surface area (Å²) < 4.78 is 7.06. The topological polar surface area (TPSA) is 59.5 Å². The fourth-order valence-corrected chi connectivity index (χ4v) is 2.44. The summed E-state index contributed by atoms with van der Waals surface area (Å²) in [6.07, 6.45) is 5.35. The first-order chi connectivity index (χ1) is 8.74. The minimum atomic E-state index is -0.214. The number of hydrogen-bond acceptors (Lipinski definition) is 4. The van der Waals surface area contributed by atoms with Crippen molar-refractivity contribution in [3.8, 4) is 0 Å². The van der Waals surface area contributed by atoms with Crippen molar-refractivity contribution in [2.75, 3.05) is 0 Å². The molecule has 0 unspecified atom stereocenters. The highest BCUT2D eigenvalue weighted by atomic mass is 32.1. The van der Waals surface area contributed by atoms with E-state index in [2.05, 4.69) is 10.3 Å². The van der Waals surface area contributed by atoms with Gasteiger partial charge in [-0.15, -0.1) is 11.3 Å². The van der Waals surface area contributed by atoms with Gasteiger partial charge in [0.05, 0.1) is 18.5 Å². The number of fused-ring (bicyclic) bond motifs is 1. The molecule has 0 aliphatic rings. The molecular formula is C12H11N3O2S. The quantitative estimate of drug-likeness (QED) is 0.786. The number of aromatic nitrogens is 2. The van der Waals surface area contributed by atoms with Crippen LogP contribution in [0.25, 0.3) is 4.96 Å². The molecule has 92 valence electrons. The maximum absolute atomic E-state index is 11.8. The molecule has 0 spiro atoms. The van der Waals surface area contributed by atoms with Crippen LogP contribution in [0.15, 0.2) is 34.5 Å². The number of rotatable bonds is 3. The maximum Gasteiger partial charge on any atom is 0.287 e. The van der Waals surface area contributed by atoms with Crippen LogP contribution in [0.4, 0.5) is 0 Å². The predicted octanol–water partition coefficient (Wildman–Crippen LogP) is 2.23. The zero-order valence-corrected chi connectivity index (χ0v) is 10.5. The highest BCUT2D eigenvalue weighted by molar-refractivity contribution is 7.15. The average Bonchev–Trinajstić information content (AvgIpc) is 3.00. The third-order valence-electron chi connectivity index (χ3n) is 2.64. The lowest BCUT2D eigenvalue weighted by Gasteiger charge is -2.00. The van der Waals surface area contributed by atoms with E-state index in [4.69, 9.17) is 4.42 Å². The number of amides is 1. The first-order valence-electron chi connectivity index (χ1n) is 5.47. The number of thiazole rings is 1. The summed E-state index contributed by atoms with van der Waals surface area (Å²) >= 11 is 1.56. The van der Waals surface area contributed by atoms with Crippen molar-refractivity contribution in [1.29, 1.82) is 0 Å². The lowest BCUT2D eigenvalue weighted by molar-refractivity contribution is 0.0922. The molecule has 3 aromatic rings. The predicted molar refractivity (Wildman–Crippen MR) is 67.7 cm³/mol. The van der Waals surface area contributed by atoms with E-state index in [1.54, 1.807) is 17.4 Å². The van der Waals surface area contributed by atoms with Crippen molar-refractivity contribution in [1.82, 2.24) is 14.7 Å². The van der Waals surface area contributed by atoms with E-state index in [-0.39, 0.29) is 5.91 Å². The number of hydrogen-bond donors (Lipinski definition) is 1. The number of furan rings is 1. The molecule has 0 aliphatic heterocycles. The molecule has 0 saturated heterocycles. The van der Waals surface area contributed by atoms with Crippen molar-refractivity contribution in [2.45, 2.75) is 13.5 Å². The Kier molecular flexibility index (Phi) is 2.64. The van der Waals surface area contributed by atoms with Crippen molar-refractivity contribution >= 4 is 22.2 Å². The zero-order valence-electron chi connectivity index (χ0n) is 9.71. The van der Waals surface area contributed by atoms with Gasteiger partial charge in [0, 0.05) is 23.3 Å². The Labute approximate surface area is 107 Å². The van der Waals surface area contributed by atoms with E-state index < -0.39 is 0 Å². The molecular weight excluding hydrogens is 250 g/mol. The molecule has 0 radical (unpaired) electrons. The molecule has 5 nitrogen and oxygen atoms in total. The van der Waals surface area contributed by atoms with Gasteiger partial charge in [-0.1, -0.05) is 0 Å². The van der Waals surface area contributed by atoms with Crippen LogP contribution in [0.5, 0.6) is 0 Å². The van der Waals surface area contributed by atoms with Crippen molar-refractivity contribution < 1.29 is 9.21 Å². The van der Waals surface area contributed by atoms with E-state index in [0.29, 0.717) is 12.3 Å². The first kappa shape index (κ1) is 11.0.